The van der Waals surface area contributed by atoms with Crippen molar-refractivity contribution < 1.29 is 119 Å². The summed E-state index contributed by atoms with van der Waals surface area (Å²) < 4.78 is 0. The van der Waals surface area contributed by atoms with Gasteiger partial charge >= 0.3 is 0 Å². The third-order valence-electron chi connectivity index (χ3n) is 0. The second-order valence-electron chi connectivity index (χ2n) is 0. The van der Waals surface area contributed by atoms with E-state index in [2.05, 4.69) is 0 Å². The second-order valence-corrected chi connectivity index (χ2v) is 0. The average Bonchev–Trinajstić information content (AvgIpc) is 0. The van der Waals surface area contributed by atoms with Crippen molar-refractivity contribution in [3.8, 4) is 0 Å². The van der Waals surface area contributed by atoms with Gasteiger partial charge in [0, 0.05) is 127 Å². The third kappa shape index (κ3) is 9.37. The fourth-order valence-electron chi connectivity index (χ4n) is 0. The predicted octanol–water partition coefficient (Wildman–Crippen LogP) is -0.383. The van der Waals surface area contributed by atoms with Crippen LogP contribution in [0.15, 0.2) is 0 Å². The van der Waals surface area contributed by atoms with Crippen molar-refractivity contribution in [1.29, 1.82) is 0 Å². The van der Waals surface area contributed by atoms with Crippen LogP contribution in [0.2, 0.25) is 0 Å². The molecule has 0 bridgehead atoms. The molecule has 0 unspecified atom stereocenters. The van der Waals surface area contributed by atoms with Crippen molar-refractivity contribution in [2.24, 2.45) is 0 Å². The Labute approximate surface area is 123 Å². The van der Waals surface area contributed by atoms with E-state index in [1.165, 1.54) is 0 Å². The van der Waals surface area contributed by atoms with E-state index < -0.39 is 0 Å². The molecule has 0 saturated carbocycles. The van der Waals surface area contributed by atoms with Crippen molar-refractivity contribution >= 4 is 8.41 Å². The maximum atomic E-state index is 0. The largest absolute Gasteiger partial charge is 0 e. The van der Waals surface area contributed by atoms with E-state index in [-0.39, 0.29) is 127 Å². The van der Waals surface area contributed by atoms with Crippen LogP contribution in [0.1, 0.15) is 0 Å². The zero-order chi connectivity index (χ0) is 0. The molecule has 4 heteroatoms. The van der Waals surface area contributed by atoms with Gasteiger partial charge in [-0.2, -0.15) is 0 Å². The second kappa shape index (κ2) is 15.8. The van der Waals surface area contributed by atoms with Crippen molar-refractivity contribution in [2.45, 2.75) is 0 Å². The first-order valence-corrected chi connectivity index (χ1v) is 0. The maximum Gasteiger partial charge on any atom is 0 e. The first kappa shape index (κ1) is 24.5. The molecule has 0 spiro atoms. The molecule has 0 N–H and O–H groups in total. The molecule has 0 aromatic heterocycles. The summed E-state index contributed by atoms with van der Waals surface area (Å²) in [5.74, 6) is 0. The van der Waals surface area contributed by atoms with E-state index in [9.17, 15) is 0 Å². The Morgan fingerprint density at radius 3 is 1.00 bits per heavy atom. The molecule has 0 aromatic rings. The smallest absolute Gasteiger partial charge is 0 e. The van der Waals surface area contributed by atoms with Crippen molar-refractivity contribution in [3.63, 3.8) is 0 Å². The molecule has 0 aliphatic carbocycles. The molecule has 0 fully saturated rings. The van der Waals surface area contributed by atoms with Gasteiger partial charge in [0.25, 0.3) is 0 Å². The van der Waals surface area contributed by atoms with E-state index in [1.807, 2.05) is 0 Å². The predicted molar refractivity (Wildman–Crippen MR) is 5.75 cm³/mol. The zero-order valence-electron chi connectivity index (χ0n) is 1.79. The van der Waals surface area contributed by atoms with Crippen molar-refractivity contribution in [2.75, 3.05) is 0 Å². The summed E-state index contributed by atoms with van der Waals surface area (Å²) >= 11 is 0. The summed E-state index contributed by atoms with van der Waals surface area (Å²) in [5, 5.41) is 0. The molecule has 0 rings (SSSR count). The van der Waals surface area contributed by atoms with Crippen LogP contribution in [0.3, 0.4) is 0 Å². The molecule has 0 nitrogen and oxygen atoms in total. The SMILES string of the molecule is [B].[Eu].[Lu].[Y]. The van der Waals surface area contributed by atoms with Crippen LogP contribution in [0.4, 0.5) is 0 Å². The molecule has 0 amide bonds. The Bertz CT molecular complexity index is 8.00. The van der Waals surface area contributed by atoms with Gasteiger partial charge in [0.05, 0.1) is 0 Å². The molecule has 0 saturated heterocycles. The standard InChI is InChI=1S/B.Eu.Lu.Y. The summed E-state index contributed by atoms with van der Waals surface area (Å²) in [7, 11) is 0. The summed E-state index contributed by atoms with van der Waals surface area (Å²) in [6, 6.07) is 0. The normalized spacial score (nSPS) is 0. The van der Waals surface area contributed by atoms with Crippen LogP contribution < -0.4 is 0 Å². The third-order valence-corrected chi connectivity index (χ3v) is 0. The zero-order valence-corrected chi connectivity index (χ0v) is 8.71. The van der Waals surface area contributed by atoms with E-state index in [0.717, 1.165) is 0 Å². The minimum Gasteiger partial charge on any atom is 0 e. The monoisotopic (exact) mass is 428 g/mol. The summed E-state index contributed by atoms with van der Waals surface area (Å²) in [6.45, 7) is 0. The number of hydrogen-bond donors (Lipinski definition) is 0. The summed E-state index contributed by atoms with van der Waals surface area (Å²) in [5.41, 5.74) is 0. The first-order chi connectivity index (χ1) is 0. The van der Waals surface area contributed by atoms with E-state index >= 15 is 0 Å². The van der Waals surface area contributed by atoms with Crippen molar-refractivity contribution in [1.82, 2.24) is 0 Å². The van der Waals surface area contributed by atoms with E-state index in [4.69, 9.17) is 0 Å². The van der Waals surface area contributed by atoms with Crippen molar-refractivity contribution in [3.05, 3.63) is 0 Å². The van der Waals surface area contributed by atoms with Gasteiger partial charge in [0.15, 0.2) is 0 Å². The summed E-state index contributed by atoms with van der Waals surface area (Å²) in [4.78, 5) is 0. The Balaban J connectivity index is 0. The fourth-order valence-corrected chi connectivity index (χ4v) is 0. The van der Waals surface area contributed by atoms with Gasteiger partial charge in [-0.05, 0) is 0 Å². The minimum absolute atomic E-state index is 0. The van der Waals surface area contributed by atoms with Gasteiger partial charge in [-0.15, -0.1) is 0 Å². The van der Waals surface area contributed by atoms with Gasteiger partial charge in [-0.25, -0.2) is 0 Å². The van der Waals surface area contributed by atoms with Crippen LogP contribution in [0, 0.1) is 86.3 Å². The van der Waals surface area contributed by atoms with Crippen LogP contribution in [0.25, 0.3) is 0 Å². The Kier molecular flexibility index (Phi) is 96.6. The van der Waals surface area contributed by atoms with Crippen LogP contribution >= 0.6 is 0 Å². The molecule has 0 aromatic carbocycles. The minimum atomic E-state index is 0. The maximum absolute atomic E-state index is 0. The van der Waals surface area contributed by atoms with Gasteiger partial charge in [0.1, 0.15) is 0 Å². The van der Waals surface area contributed by atoms with Crippen LogP contribution in [-0.4, -0.2) is 8.41 Å². The molecule has 28 valence electrons. The first-order valence-electron chi connectivity index (χ1n) is 0. The molecule has 0 heterocycles. The number of hydrogen-bond acceptors (Lipinski definition) is 0. The van der Waals surface area contributed by atoms with Crippen LogP contribution in [0.5, 0.6) is 0 Å². The van der Waals surface area contributed by atoms with E-state index in [0.29, 0.717) is 0 Å². The molecule has 6 radical (unpaired) electrons. The molecule has 0 atom stereocenters. The Hall–Kier alpha value is 3.99. The van der Waals surface area contributed by atoms with Gasteiger partial charge in [-0.1, -0.05) is 0 Å². The number of rotatable bonds is 0. The van der Waals surface area contributed by atoms with Gasteiger partial charge < -0.3 is 0 Å². The van der Waals surface area contributed by atoms with E-state index in [1.54, 1.807) is 0 Å². The van der Waals surface area contributed by atoms with Crippen LogP contribution in [-0.2, 0) is 32.7 Å². The van der Waals surface area contributed by atoms with Gasteiger partial charge in [0.2, 0.25) is 0 Å². The fraction of sp³-hybridized carbons (Fsp3) is 0. The molecular weight excluding hydrogens is 427 g/mol. The quantitative estimate of drug-likeness (QED) is 0.463. The Morgan fingerprint density at radius 1 is 1.00 bits per heavy atom. The molecular formula is BEuLuY. The Morgan fingerprint density at radius 2 is 1.00 bits per heavy atom. The topological polar surface area (TPSA) is 0 Å². The average molecular weight is 427 g/mol. The molecule has 0 aliphatic rings. The summed E-state index contributed by atoms with van der Waals surface area (Å²) in [6.07, 6.45) is 0. The molecule has 0 aliphatic heterocycles. The molecule has 4 heavy (non-hydrogen) atoms. The van der Waals surface area contributed by atoms with Gasteiger partial charge in [-0.3, -0.25) is 0 Å².